The molecular weight excluding hydrogens is 255 g/mol. The third-order valence-electron chi connectivity index (χ3n) is 2.94. The highest BCUT2D eigenvalue weighted by atomic mass is 19.1. The van der Waals surface area contributed by atoms with Gasteiger partial charge in [-0.3, -0.25) is 4.98 Å². The molecule has 0 saturated carbocycles. The van der Waals surface area contributed by atoms with E-state index in [2.05, 4.69) is 10.3 Å². The summed E-state index contributed by atoms with van der Waals surface area (Å²) in [5.41, 5.74) is 2.04. The van der Waals surface area contributed by atoms with Crippen LogP contribution in [0.5, 0.6) is 5.75 Å². The van der Waals surface area contributed by atoms with Crippen molar-refractivity contribution in [3.05, 3.63) is 59.7 Å². The molecule has 1 aromatic heterocycles. The molecule has 0 aliphatic heterocycles. The predicted octanol–water partition coefficient (Wildman–Crippen LogP) is 3.09. The Morgan fingerprint density at radius 2 is 2.00 bits per heavy atom. The fourth-order valence-electron chi connectivity index (χ4n) is 1.76. The Balaban J connectivity index is 1.75. The molecule has 1 atom stereocenters. The van der Waals surface area contributed by atoms with Crippen LogP contribution >= 0.6 is 0 Å². The van der Waals surface area contributed by atoms with Crippen LogP contribution in [0.4, 0.5) is 4.39 Å². The van der Waals surface area contributed by atoms with Gasteiger partial charge in [0.2, 0.25) is 0 Å². The second-order valence-electron chi connectivity index (χ2n) is 4.92. The summed E-state index contributed by atoms with van der Waals surface area (Å²) in [6.07, 6.45) is 2.86. The zero-order chi connectivity index (χ0) is 14.4. The summed E-state index contributed by atoms with van der Waals surface area (Å²) >= 11 is 0. The molecule has 2 rings (SSSR count). The van der Waals surface area contributed by atoms with Gasteiger partial charge in [-0.1, -0.05) is 17.7 Å². The molecule has 0 aliphatic rings. The van der Waals surface area contributed by atoms with Gasteiger partial charge in [0, 0.05) is 18.8 Å². The van der Waals surface area contributed by atoms with Crippen LogP contribution in [0.25, 0.3) is 0 Å². The fourth-order valence-corrected chi connectivity index (χ4v) is 1.76. The van der Waals surface area contributed by atoms with Crippen molar-refractivity contribution in [2.75, 3.05) is 6.61 Å². The van der Waals surface area contributed by atoms with E-state index >= 15 is 0 Å². The van der Waals surface area contributed by atoms with E-state index in [1.54, 1.807) is 6.20 Å². The van der Waals surface area contributed by atoms with Gasteiger partial charge < -0.3 is 10.1 Å². The number of nitrogens with one attached hydrogen (secondary N) is 1. The number of hydrogen-bond acceptors (Lipinski definition) is 3. The van der Waals surface area contributed by atoms with Gasteiger partial charge in [0.05, 0.1) is 6.20 Å². The summed E-state index contributed by atoms with van der Waals surface area (Å²) in [7, 11) is 0. The molecule has 3 nitrogen and oxygen atoms in total. The highest BCUT2D eigenvalue weighted by Crippen LogP contribution is 2.11. The Labute approximate surface area is 118 Å². The summed E-state index contributed by atoms with van der Waals surface area (Å²) in [5, 5.41) is 3.28. The van der Waals surface area contributed by atoms with Crippen molar-refractivity contribution in [2.24, 2.45) is 0 Å². The molecule has 2 aromatic rings. The Morgan fingerprint density at radius 3 is 2.70 bits per heavy atom. The molecule has 1 aromatic carbocycles. The number of aromatic nitrogens is 1. The van der Waals surface area contributed by atoms with Crippen LogP contribution in [0.3, 0.4) is 0 Å². The summed E-state index contributed by atoms with van der Waals surface area (Å²) in [6.45, 7) is 5.21. The Bertz CT molecular complexity index is 542. The molecule has 1 N–H and O–H groups in total. The van der Waals surface area contributed by atoms with E-state index in [1.807, 2.05) is 38.1 Å². The second kappa shape index (κ2) is 7.01. The molecule has 4 heteroatoms. The van der Waals surface area contributed by atoms with E-state index in [1.165, 1.54) is 17.8 Å². The van der Waals surface area contributed by atoms with Crippen molar-refractivity contribution in [2.45, 2.75) is 26.4 Å². The van der Waals surface area contributed by atoms with Crippen LogP contribution in [0, 0.1) is 12.7 Å². The average Bonchev–Trinajstić information content (AvgIpc) is 2.45. The Kier molecular flexibility index (Phi) is 5.07. The van der Waals surface area contributed by atoms with Crippen LogP contribution < -0.4 is 10.1 Å². The lowest BCUT2D eigenvalue weighted by Crippen LogP contribution is -2.31. The largest absolute Gasteiger partial charge is 0.492 e. The van der Waals surface area contributed by atoms with Crippen molar-refractivity contribution in [3.63, 3.8) is 0 Å². The molecule has 0 radical (unpaired) electrons. The van der Waals surface area contributed by atoms with E-state index in [-0.39, 0.29) is 11.9 Å². The zero-order valence-electron chi connectivity index (χ0n) is 11.8. The van der Waals surface area contributed by atoms with Gasteiger partial charge in [-0.25, -0.2) is 4.39 Å². The minimum absolute atomic E-state index is 0.166. The van der Waals surface area contributed by atoms with Crippen molar-refractivity contribution in [3.8, 4) is 5.75 Å². The lowest BCUT2D eigenvalue weighted by Gasteiger charge is -2.15. The normalized spacial score (nSPS) is 12.2. The zero-order valence-corrected chi connectivity index (χ0v) is 11.8. The SMILES string of the molecule is Cc1ccc(OCC(C)NCc2cncc(F)c2)cc1. The first kappa shape index (κ1) is 14.5. The first-order valence-corrected chi connectivity index (χ1v) is 6.66. The van der Waals surface area contributed by atoms with Gasteiger partial charge in [0.1, 0.15) is 18.2 Å². The molecule has 0 fully saturated rings. The summed E-state index contributed by atoms with van der Waals surface area (Å²) in [5.74, 6) is 0.546. The highest BCUT2D eigenvalue weighted by Gasteiger charge is 2.04. The maximum Gasteiger partial charge on any atom is 0.141 e. The summed E-state index contributed by atoms with van der Waals surface area (Å²) < 4.78 is 18.7. The van der Waals surface area contributed by atoms with E-state index in [0.29, 0.717) is 13.2 Å². The average molecular weight is 274 g/mol. The molecule has 0 bridgehead atoms. The van der Waals surface area contributed by atoms with Crippen molar-refractivity contribution < 1.29 is 9.13 Å². The minimum atomic E-state index is -0.312. The first-order valence-electron chi connectivity index (χ1n) is 6.66. The van der Waals surface area contributed by atoms with Gasteiger partial charge in [-0.2, -0.15) is 0 Å². The molecule has 106 valence electrons. The number of halogens is 1. The third kappa shape index (κ3) is 4.63. The lowest BCUT2D eigenvalue weighted by molar-refractivity contribution is 0.272. The number of hydrogen-bond donors (Lipinski definition) is 1. The van der Waals surface area contributed by atoms with E-state index in [9.17, 15) is 4.39 Å². The summed E-state index contributed by atoms with van der Waals surface area (Å²) in [6, 6.07) is 9.60. The molecule has 0 aliphatic carbocycles. The molecule has 1 unspecified atom stereocenters. The Morgan fingerprint density at radius 1 is 1.25 bits per heavy atom. The quantitative estimate of drug-likeness (QED) is 0.879. The van der Waals surface area contributed by atoms with Gasteiger partial charge in [-0.15, -0.1) is 0 Å². The standard InChI is InChI=1S/C16H19FN2O/c1-12-3-5-16(6-4-12)20-11-13(2)19-9-14-7-15(17)10-18-8-14/h3-8,10,13,19H,9,11H2,1-2H3. The van der Waals surface area contributed by atoms with Gasteiger partial charge in [-0.05, 0) is 37.6 Å². The van der Waals surface area contributed by atoms with Crippen LogP contribution in [0.15, 0.2) is 42.7 Å². The molecule has 0 saturated heterocycles. The first-order chi connectivity index (χ1) is 9.63. The van der Waals surface area contributed by atoms with Gasteiger partial charge in [0.15, 0.2) is 0 Å². The molecular formula is C16H19FN2O. The summed E-state index contributed by atoms with van der Waals surface area (Å²) in [4.78, 5) is 3.82. The fraction of sp³-hybridized carbons (Fsp3) is 0.312. The predicted molar refractivity (Wildman–Crippen MR) is 77.2 cm³/mol. The topological polar surface area (TPSA) is 34.1 Å². The minimum Gasteiger partial charge on any atom is -0.492 e. The van der Waals surface area contributed by atoms with Crippen LogP contribution in [-0.4, -0.2) is 17.6 Å². The smallest absolute Gasteiger partial charge is 0.141 e. The maximum atomic E-state index is 13.0. The number of aryl methyl sites for hydroxylation is 1. The number of pyridine rings is 1. The van der Waals surface area contributed by atoms with Gasteiger partial charge in [0.25, 0.3) is 0 Å². The second-order valence-corrected chi connectivity index (χ2v) is 4.92. The van der Waals surface area contributed by atoms with Crippen molar-refractivity contribution >= 4 is 0 Å². The van der Waals surface area contributed by atoms with E-state index in [4.69, 9.17) is 4.74 Å². The molecule has 1 heterocycles. The maximum absolute atomic E-state index is 13.0. The van der Waals surface area contributed by atoms with Gasteiger partial charge >= 0.3 is 0 Å². The van der Waals surface area contributed by atoms with Crippen molar-refractivity contribution in [1.82, 2.24) is 10.3 Å². The van der Waals surface area contributed by atoms with E-state index < -0.39 is 0 Å². The van der Waals surface area contributed by atoms with Crippen molar-refractivity contribution in [1.29, 1.82) is 0 Å². The van der Waals surface area contributed by atoms with Crippen LogP contribution in [0.2, 0.25) is 0 Å². The monoisotopic (exact) mass is 274 g/mol. The Hall–Kier alpha value is -1.94. The van der Waals surface area contributed by atoms with E-state index in [0.717, 1.165) is 11.3 Å². The number of benzene rings is 1. The van der Waals surface area contributed by atoms with Crippen LogP contribution in [0.1, 0.15) is 18.1 Å². The highest BCUT2D eigenvalue weighted by molar-refractivity contribution is 5.26. The number of ether oxygens (including phenoxy) is 1. The molecule has 0 amide bonds. The van der Waals surface area contributed by atoms with Crippen LogP contribution in [-0.2, 0) is 6.54 Å². The third-order valence-corrected chi connectivity index (χ3v) is 2.94. The number of rotatable bonds is 6. The lowest BCUT2D eigenvalue weighted by atomic mass is 10.2. The molecule has 20 heavy (non-hydrogen) atoms. The number of nitrogens with zero attached hydrogens (tertiary/aromatic N) is 1. The molecule has 0 spiro atoms.